The second-order valence-electron chi connectivity index (χ2n) is 3.14. The Morgan fingerprint density at radius 1 is 1.57 bits per heavy atom. The number of rotatable bonds is 2. The second-order valence-corrected chi connectivity index (χ2v) is 3.14. The summed E-state index contributed by atoms with van der Waals surface area (Å²) in [4.78, 5) is 14.7. The molecule has 0 amide bonds. The van der Waals surface area contributed by atoms with E-state index in [9.17, 15) is 4.79 Å². The number of hydrogen-bond acceptors (Lipinski definition) is 3. The Morgan fingerprint density at radius 3 is 3.07 bits per heavy atom. The number of carboxylic acid groups (broad SMARTS) is 1. The molecular weight excluding hydrogens is 182 g/mol. The first kappa shape index (κ1) is 8.74. The first-order chi connectivity index (χ1) is 6.68. The summed E-state index contributed by atoms with van der Waals surface area (Å²) in [6, 6.07) is 5.21. The molecule has 1 aromatic heterocycles. The van der Waals surface area contributed by atoms with Crippen LogP contribution in [0.5, 0.6) is 0 Å². The standard InChI is InChI=1S/C10H9NO3/c1-6(10(12)13)7-2-3-9-8(4-7)11-5-14-9/h2-6H,1H3,(H,12,13)/t6-/m0/s1. The van der Waals surface area contributed by atoms with Gasteiger partial charge in [-0.3, -0.25) is 4.79 Å². The highest BCUT2D eigenvalue weighted by Crippen LogP contribution is 2.20. The first-order valence-electron chi connectivity index (χ1n) is 4.24. The van der Waals surface area contributed by atoms with Gasteiger partial charge in [0, 0.05) is 0 Å². The van der Waals surface area contributed by atoms with Gasteiger partial charge in [0.15, 0.2) is 12.0 Å². The summed E-state index contributed by atoms with van der Waals surface area (Å²) in [5, 5.41) is 8.81. The number of aliphatic carboxylic acids is 1. The summed E-state index contributed by atoms with van der Waals surface area (Å²) in [6.07, 6.45) is 1.35. The molecule has 0 saturated carbocycles. The maximum Gasteiger partial charge on any atom is 0.310 e. The zero-order valence-corrected chi connectivity index (χ0v) is 7.60. The number of fused-ring (bicyclic) bond motifs is 1. The molecule has 4 nitrogen and oxygen atoms in total. The van der Waals surface area contributed by atoms with Crippen LogP contribution in [0.15, 0.2) is 29.0 Å². The zero-order valence-electron chi connectivity index (χ0n) is 7.60. The van der Waals surface area contributed by atoms with Crippen molar-refractivity contribution >= 4 is 17.1 Å². The lowest BCUT2D eigenvalue weighted by Crippen LogP contribution is -2.06. The molecule has 1 heterocycles. The quantitative estimate of drug-likeness (QED) is 0.788. The molecule has 2 aromatic rings. The van der Waals surface area contributed by atoms with E-state index in [1.165, 1.54) is 6.39 Å². The molecule has 1 atom stereocenters. The highest BCUT2D eigenvalue weighted by Gasteiger charge is 2.14. The lowest BCUT2D eigenvalue weighted by Gasteiger charge is -2.04. The lowest BCUT2D eigenvalue weighted by molar-refractivity contribution is -0.138. The minimum absolute atomic E-state index is 0.518. The molecule has 0 fully saturated rings. The normalized spacial score (nSPS) is 12.9. The monoisotopic (exact) mass is 191 g/mol. The van der Waals surface area contributed by atoms with Gasteiger partial charge in [-0.15, -0.1) is 0 Å². The van der Waals surface area contributed by atoms with Gasteiger partial charge in [-0.05, 0) is 24.6 Å². The van der Waals surface area contributed by atoms with E-state index in [0.717, 1.165) is 5.56 Å². The van der Waals surface area contributed by atoms with Gasteiger partial charge < -0.3 is 9.52 Å². The van der Waals surface area contributed by atoms with Gasteiger partial charge in [0.1, 0.15) is 5.52 Å². The number of carboxylic acids is 1. The van der Waals surface area contributed by atoms with E-state index in [2.05, 4.69) is 4.98 Å². The van der Waals surface area contributed by atoms with Crippen molar-refractivity contribution in [2.45, 2.75) is 12.8 Å². The topological polar surface area (TPSA) is 63.3 Å². The van der Waals surface area contributed by atoms with Crippen molar-refractivity contribution in [1.29, 1.82) is 0 Å². The Bertz CT molecular complexity index is 475. The average Bonchev–Trinajstić information content (AvgIpc) is 2.62. The Balaban J connectivity index is 2.48. The molecule has 0 bridgehead atoms. The highest BCUT2D eigenvalue weighted by atomic mass is 16.4. The fourth-order valence-electron chi connectivity index (χ4n) is 1.29. The Hall–Kier alpha value is -1.84. The maximum absolute atomic E-state index is 10.7. The number of oxazole rings is 1. The van der Waals surface area contributed by atoms with Crippen molar-refractivity contribution in [1.82, 2.24) is 4.98 Å². The van der Waals surface area contributed by atoms with Crippen molar-refractivity contribution in [3.8, 4) is 0 Å². The molecule has 0 aliphatic heterocycles. The summed E-state index contributed by atoms with van der Waals surface area (Å²) in [5.74, 6) is -1.36. The number of benzene rings is 1. The van der Waals surface area contributed by atoms with Crippen LogP contribution in [0.3, 0.4) is 0 Å². The minimum Gasteiger partial charge on any atom is -0.481 e. The highest BCUT2D eigenvalue weighted by molar-refractivity contribution is 5.79. The molecule has 0 aliphatic carbocycles. The minimum atomic E-state index is -0.840. The zero-order chi connectivity index (χ0) is 10.1. The van der Waals surface area contributed by atoms with Crippen molar-refractivity contribution in [3.63, 3.8) is 0 Å². The largest absolute Gasteiger partial charge is 0.481 e. The summed E-state index contributed by atoms with van der Waals surface area (Å²) < 4.78 is 5.05. The molecule has 0 saturated heterocycles. The Labute approximate surface area is 80.2 Å². The Kier molecular flexibility index (Phi) is 1.96. The molecule has 0 radical (unpaired) electrons. The van der Waals surface area contributed by atoms with Crippen LogP contribution in [0.4, 0.5) is 0 Å². The number of aromatic nitrogens is 1. The predicted molar refractivity (Wildman–Crippen MR) is 50.1 cm³/mol. The molecule has 1 aromatic carbocycles. The van der Waals surface area contributed by atoms with Gasteiger partial charge in [0.05, 0.1) is 5.92 Å². The molecule has 0 aliphatic rings. The van der Waals surface area contributed by atoms with Crippen LogP contribution in [0, 0.1) is 0 Å². The predicted octanol–water partition coefficient (Wildman–Crippen LogP) is 2.02. The van der Waals surface area contributed by atoms with Crippen LogP contribution in [-0.4, -0.2) is 16.1 Å². The molecule has 14 heavy (non-hydrogen) atoms. The average molecular weight is 191 g/mol. The van der Waals surface area contributed by atoms with Crippen LogP contribution in [-0.2, 0) is 4.79 Å². The van der Waals surface area contributed by atoms with Crippen LogP contribution >= 0.6 is 0 Å². The van der Waals surface area contributed by atoms with Crippen molar-refractivity contribution in [2.24, 2.45) is 0 Å². The molecule has 0 spiro atoms. The maximum atomic E-state index is 10.7. The van der Waals surface area contributed by atoms with Crippen molar-refractivity contribution in [3.05, 3.63) is 30.2 Å². The summed E-state index contributed by atoms with van der Waals surface area (Å²) in [7, 11) is 0. The van der Waals surface area contributed by atoms with E-state index >= 15 is 0 Å². The first-order valence-corrected chi connectivity index (χ1v) is 4.24. The van der Waals surface area contributed by atoms with Crippen LogP contribution in [0.1, 0.15) is 18.4 Å². The summed E-state index contributed by atoms with van der Waals surface area (Å²) >= 11 is 0. The molecule has 4 heteroatoms. The number of carbonyl (C=O) groups is 1. The molecule has 1 N–H and O–H groups in total. The summed E-state index contributed by atoms with van der Waals surface area (Å²) in [6.45, 7) is 1.64. The van der Waals surface area contributed by atoms with Crippen LogP contribution in [0.25, 0.3) is 11.1 Å². The van der Waals surface area contributed by atoms with Crippen LogP contribution < -0.4 is 0 Å². The lowest BCUT2D eigenvalue weighted by atomic mass is 10.0. The molecule has 72 valence electrons. The van der Waals surface area contributed by atoms with Crippen molar-refractivity contribution < 1.29 is 14.3 Å². The van der Waals surface area contributed by atoms with Gasteiger partial charge in [0.2, 0.25) is 0 Å². The number of hydrogen-bond donors (Lipinski definition) is 1. The van der Waals surface area contributed by atoms with E-state index < -0.39 is 11.9 Å². The van der Waals surface area contributed by atoms with Crippen LogP contribution in [0.2, 0.25) is 0 Å². The van der Waals surface area contributed by atoms with E-state index in [1.807, 2.05) is 0 Å². The van der Waals surface area contributed by atoms with Gasteiger partial charge in [0.25, 0.3) is 0 Å². The molecular formula is C10H9NO3. The van der Waals surface area contributed by atoms with E-state index in [-0.39, 0.29) is 0 Å². The fourth-order valence-corrected chi connectivity index (χ4v) is 1.29. The van der Waals surface area contributed by atoms with Crippen molar-refractivity contribution in [2.75, 3.05) is 0 Å². The third kappa shape index (κ3) is 1.35. The molecule has 2 rings (SSSR count). The van der Waals surface area contributed by atoms with E-state index in [4.69, 9.17) is 9.52 Å². The van der Waals surface area contributed by atoms with Gasteiger partial charge in [-0.2, -0.15) is 0 Å². The van der Waals surface area contributed by atoms with E-state index in [1.54, 1.807) is 25.1 Å². The Morgan fingerprint density at radius 2 is 2.36 bits per heavy atom. The van der Waals surface area contributed by atoms with Gasteiger partial charge in [-0.25, -0.2) is 4.98 Å². The second kappa shape index (κ2) is 3.14. The fraction of sp³-hybridized carbons (Fsp3) is 0.200. The number of nitrogens with zero attached hydrogens (tertiary/aromatic N) is 1. The third-order valence-electron chi connectivity index (χ3n) is 2.22. The summed E-state index contributed by atoms with van der Waals surface area (Å²) in [5.41, 5.74) is 2.10. The molecule has 0 unspecified atom stereocenters. The van der Waals surface area contributed by atoms with Gasteiger partial charge in [-0.1, -0.05) is 6.07 Å². The SMILES string of the molecule is C[C@H](C(=O)O)c1ccc2ocnc2c1. The van der Waals surface area contributed by atoms with E-state index in [0.29, 0.717) is 11.1 Å². The third-order valence-corrected chi connectivity index (χ3v) is 2.22. The smallest absolute Gasteiger partial charge is 0.310 e. The van der Waals surface area contributed by atoms with Gasteiger partial charge >= 0.3 is 5.97 Å².